The Labute approximate surface area is 156 Å². The molecule has 1 heterocycles. The maximum atomic E-state index is 12.4. The minimum Gasteiger partial charge on any atom is -0.496 e. The van der Waals surface area contributed by atoms with Gasteiger partial charge in [-0.3, -0.25) is 4.79 Å². The second-order valence-corrected chi connectivity index (χ2v) is 5.71. The Hall–Kier alpha value is -3.61. The number of benzene rings is 2. The van der Waals surface area contributed by atoms with Crippen LogP contribution in [0.2, 0.25) is 0 Å². The molecule has 7 heteroatoms. The predicted molar refractivity (Wildman–Crippen MR) is 99.1 cm³/mol. The number of ether oxygens (including phenoxy) is 2. The quantitative estimate of drug-likeness (QED) is 0.679. The van der Waals surface area contributed by atoms with Crippen LogP contribution >= 0.6 is 0 Å². The Balaban J connectivity index is 1.67. The van der Waals surface area contributed by atoms with Crippen molar-refractivity contribution in [3.63, 3.8) is 0 Å². The van der Waals surface area contributed by atoms with Gasteiger partial charge in [-0.2, -0.15) is 5.10 Å². The molecule has 3 aromatic rings. The van der Waals surface area contributed by atoms with Crippen molar-refractivity contribution in [2.24, 2.45) is 0 Å². The van der Waals surface area contributed by atoms with Gasteiger partial charge in [-0.25, -0.2) is 9.48 Å². The SMILES string of the molecule is COC(=O)c1cc(CNC(=O)c2ccc(-n3cccn3)cc2)ccc1OC. The number of aromatic nitrogens is 2. The van der Waals surface area contributed by atoms with E-state index in [1.165, 1.54) is 14.2 Å². The van der Waals surface area contributed by atoms with E-state index in [-0.39, 0.29) is 12.5 Å². The molecule has 0 aliphatic carbocycles. The number of amides is 1. The zero-order valence-electron chi connectivity index (χ0n) is 15.0. The van der Waals surface area contributed by atoms with Gasteiger partial charge in [0.2, 0.25) is 0 Å². The highest BCUT2D eigenvalue weighted by molar-refractivity contribution is 5.94. The molecule has 0 bridgehead atoms. The first-order valence-electron chi connectivity index (χ1n) is 8.26. The van der Waals surface area contributed by atoms with Crippen LogP contribution in [0.25, 0.3) is 5.69 Å². The minimum atomic E-state index is -0.491. The number of rotatable bonds is 6. The molecule has 0 aliphatic rings. The first-order valence-corrected chi connectivity index (χ1v) is 8.26. The zero-order chi connectivity index (χ0) is 19.2. The topological polar surface area (TPSA) is 82.5 Å². The van der Waals surface area contributed by atoms with Gasteiger partial charge in [0.25, 0.3) is 5.91 Å². The molecule has 0 aliphatic heterocycles. The van der Waals surface area contributed by atoms with Crippen LogP contribution < -0.4 is 10.1 Å². The summed E-state index contributed by atoms with van der Waals surface area (Å²) in [7, 11) is 2.79. The van der Waals surface area contributed by atoms with Crippen LogP contribution in [-0.4, -0.2) is 35.9 Å². The third-order valence-electron chi connectivity index (χ3n) is 4.02. The maximum Gasteiger partial charge on any atom is 0.341 e. The summed E-state index contributed by atoms with van der Waals surface area (Å²) in [6.07, 6.45) is 3.52. The molecule has 0 spiro atoms. The van der Waals surface area contributed by atoms with Crippen molar-refractivity contribution in [3.8, 4) is 11.4 Å². The number of carbonyl (C=O) groups is 2. The van der Waals surface area contributed by atoms with E-state index >= 15 is 0 Å². The summed E-state index contributed by atoms with van der Waals surface area (Å²) in [4.78, 5) is 24.2. The van der Waals surface area contributed by atoms with E-state index in [4.69, 9.17) is 9.47 Å². The minimum absolute atomic E-state index is 0.211. The number of esters is 1. The number of hydrogen-bond donors (Lipinski definition) is 1. The van der Waals surface area contributed by atoms with E-state index in [0.717, 1.165) is 11.3 Å². The number of nitrogens with zero attached hydrogens (tertiary/aromatic N) is 2. The first kappa shape index (κ1) is 18.2. The Morgan fingerprint density at radius 3 is 2.52 bits per heavy atom. The Morgan fingerprint density at radius 1 is 1.11 bits per heavy atom. The van der Waals surface area contributed by atoms with Crippen LogP contribution in [0.4, 0.5) is 0 Å². The first-order chi connectivity index (χ1) is 13.1. The van der Waals surface area contributed by atoms with E-state index in [9.17, 15) is 9.59 Å². The molecule has 0 fully saturated rings. The molecule has 7 nitrogen and oxygen atoms in total. The van der Waals surface area contributed by atoms with Gasteiger partial charge in [0, 0.05) is 24.5 Å². The van der Waals surface area contributed by atoms with Crippen LogP contribution in [0.15, 0.2) is 60.9 Å². The lowest BCUT2D eigenvalue weighted by Gasteiger charge is -2.10. The Bertz CT molecular complexity index is 934. The van der Waals surface area contributed by atoms with Crippen molar-refractivity contribution >= 4 is 11.9 Å². The molecule has 27 heavy (non-hydrogen) atoms. The lowest BCUT2D eigenvalue weighted by molar-refractivity contribution is 0.0597. The summed E-state index contributed by atoms with van der Waals surface area (Å²) >= 11 is 0. The van der Waals surface area contributed by atoms with Gasteiger partial charge in [-0.05, 0) is 48.0 Å². The monoisotopic (exact) mass is 365 g/mol. The molecule has 1 amide bonds. The highest BCUT2D eigenvalue weighted by Gasteiger charge is 2.14. The van der Waals surface area contributed by atoms with Gasteiger partial charge in [0.15, 0.2) is 0 Å². The fourth-order valence-corrected chi connectivity index (χ4v) is 2.61. The van der Waals surface area contributed by atoms with Crippen molar-refractivity contribution < 1.29 is 19.1 Å². The molecule has 0 unspecified atom stereocenters. The smallest absolute Gasteiger partial charge is 0.341 e. The van der Waals surface area contributed by atoms with E-state index < -0.39 is 5.97 Å². The van der Waals surface area contributed by atoms with Crippen molar-refractivity contribution in [1.29, 1.82) is 0 Å². The van der Waals surface area contributed by atoms with E-state index in [2.05, 4.69) is 10.4 Å². The summed E-state index contributed by atoms with van der Waals surface area (Å²) in [5.74, 6) is -0.280. The predicted octanol–water partition coefficient (Wildman–Crippen LogP) is 2.60. The van der Waals surface area contributed by atoms with E-state index in [1.807, 2.05) is 24.4 Å². The molecule has 1 aromatic heterocycles. The molecule has 2 aromatic carbocycles. The van der Waals surface area contributed by atoms with Gasteiger partial charge in [0.05, 0.1) is 19.9 Å². The average Bonchev–Trinajstić information content (AvgIpc) is 3.26. The van der Waals surface area contributed by atoms with Gasteiger partial charge in [-0.1, -0.05) is 6.07 Å². The molecule has 1 N–H and O–H groups in total. The van der Waals surface area contributed by atoms with Crippen molar-refractivity contribution in [2.75, 3.05) is 14.2 Å². The van der Waals surface area contributed by atoms with Crippen LogP contribution in [0.1, 0.15) is 26.3 Å². The number of methoxy groups -OCH3 is 2. The van der Waals surface area contributed by atoms with Crippen LogP contribution in [0.3, 0.4) is 0 Å². The summed E-state index contributed by atoms with van der Waals surface area (Å²) < 4.78 is 11.6. The Morgan fingerprint density at radius 2 is 1.89 bits per heavy atom. The highest BCUT2D eigenvalue weighted by atomic mass is 16.5. The summed E-state index contributed by atoms with van der Waals surface area (Å²) in [5.41, 5.74) is 2.48. The van der Waals surface area contributed by atoms with Gasteiger partial charge in [0.1, 0.15) is 11.3 Å². The van der Waals surface area contributed by atoms with E-state index in [1.54, 1.807) is 41.2 Å². The van der Waals surface area contributed by atoms with Crippen molar-refractivity contribution in [2.45, 2.75) is 6.54 Å². The fraction of sp³-hybridized carbons (Fsp3) is 0.150. The third kappa shape index (κ3) is 4.14. The van der Waals surface area contributed by atoms with Crippen molar-refractivity contribution in [1.82, 2.24) is 15.1 Å². The fourth-order valence-electron chi connectivity index (χ4n) is 2.61. The second kappa shape index (κ2) is 8.18. The van der Waals surface area contributed by atoms with Crippen molar-refractivity contribution in [3.05, 3.63) is 77.6 Å². The molecular formula is C20H19N3O4. The maximum absolute atomic E-state index is 12.4. The molecule has 0 radical (unpaired) electrons. The Kier molecular flexibility index (Phi) is 5.51. The molecular weight excluding hydrogens is 346 g/mol. The van der Waals surface area contributed by atoms with Crippen LogP contribution in [-0.2, 0) is 11.3 Å². The highest BCUT2D eigenvalue weighted by Crippen LogP contribution is 2.21. The van der Waals surface area contributed by atoms with Gasteiger partial charge < -0.3 is 14.8 Å². The standard InChI is InChI=1S/C20H19N3O4/c1-26-18-9-4-14(12-17(18)20(25)27-2)13-21-19(24)15-5-7-16(8-6-15)23-11-3-10-22-23/h3-12H,13H2,1-2H3,(H,21,24). The van der Waals surface area contributed by atoms with Crippen LogP contribution in [0, 0.1) is 0 Å². The lowest BCUT2D eigenvalue weighted by atomic mass is 10.1. The third-order valence-corrected chi connectivity index (χ3v) is 4.02. The van der Waals surface area contributed by atoms with Gasteiger partial charge >= 0.3 is 5.97 Å². The van der Waals surface area contributed by atoms with Crippen LogP contribution in [0.5, 0.6) is 5.75 Å². The number of carbonyl (C=O) groups excluding carboxylic acids is 2. The molecule has 0 atom stereocenters. The normalized spacial score (nSPS) is 10.3. The summed E-state index contributed by atoms with van der Waals surface area (Å²) in [6.45, 7) is 0.272. The largest absolute Gasteiger partial charge is 0.496 e. The average molecular weight is 365 g/mol. The number of nitrogens with one attached hydrogen (secondary N) is 1. The summed E-state index contributed by atoms with van der Waals surface area (Å²) in [6, 6.07) is 14.1. The second-order valence-electron chi connectivity index (χ2n) is 5.71. The number of hydrogen-bond acceptors (Lipinski definition) is 5. The van der Waals surface area contributed by atoms with Gasteiger partial charge in [-0.15, -0.1) is 0 Å². The van der Waals surface area contributed by atoms with E-state index in [0.29, 0.717) is 16.9 Å². The zero-order valence-corrected chi connectivity index (χ0v) is 15.0. The lowest BCUT2D eigenvalue weighted by Crippen LogP contribution is -2.23. The molecule has 0 saturated heterocycles. The molecule has 0 saturated carbocycles. The molecule has 3 rings (SSSR count). The summed E-state index contributed by atoms with van der Waals surface area (Å²) in [5, 5.41) is 6.99. The molecule has 138 valence electrons.